The Hall–Kier alpha value is -2.67. The molecule has 0 saturated carbocycles. The molecule has 12 heteroatoms. The number of hydrogen-bond donors (Lipinski definition) is 1. The average molecular weight is 488 g/mol. The lowest BCUT2D eigenvalue weighted by atomic mass is 10.1. The first-order valence-corrected chi connectivity index (χ1v) is 11.4. The summed E-state index contributed by atoms with van der Waals surface area (Å²) in [5.41, 5.74) is -1.06. The number of halogens is 3. The number of carbonyl (C=O) groups is 1. The summed E-state index contributed by atoms with van der Waals surface area (Å²) in [5.74, 6) is -0.679. The average Bonchev–Trinajstić information content (AvgIpc) is 2.80. The number of alkyl halides is 3. The number of anilines is 1. The molecule has 2 aromatic carbocycles. The van der Waals surface area contributed by atoms with Crippen LogP contribution in [0.25, 0.3) is 0 Å². The fourth-order valence-electron chi connectivity index (χ4n) is 3.07. The van der Waals surface area contributed by atoms with Crippen molar-refractivity contribution in [3.05, 3.63) is 53.6 Å². The van der Waals surface area contributed by atoms with Gasteiger partial charge in [-0.15, -0.1) is 0 Å². The summed E-state index contributed by atoms with van der Waals surface area (Å²) >= 11 is 0. The van der Waals surface area contributed by atoms with E-state index >= 15 is 0 Å². The molecule has 1 amide bonds. The van der Waals surface area contributed by atoms with E-state index in [1.54, 1.807) is 0 Å². The molecule has 0 radical (unpaired) electrons. The third-order valence-corrected chi connectivity index (χ3v) is 6.74. The van der Waals surface area contributed by atoms with Gasteiger partial charge in [-0.2, -0.15) is 17.5 Å². The maximum atomic E-state index is 13.1. The molecule has 0 unspecified atom stereocenters. The number of benzene rings is 2. The van der Waals surface area contributed by atoms with Crippen molar-refractivity contribution in [3.63, 3.8) is 0 Å². The Bertz CT molecular complexity index is 1070. The van der Waals surface area contributed by atoms with Gasteiger partial charge >= 0.3 is 6.18 Å². The standard InChI is InChI=1S/C21H23F3N2O6S/c1-30-12-13-32-19-7-4-16(21(22,23)24)14-18(19)25-20(27)15-2-5-17(6-3-15)33(28,29)26-8-10-31-11-9-26/h2-7,14H,8-13H2,1H3,(H,25,27). The molecule has 0 aromatic heterocycles. The molecule has 1 N–H and O–H groups in total. The van der Waals surface area contributed by atoms with Crippen LogP contribution in [0.15, 0.2) is 47.4 Å². The summed E-state index contributed by atoms with van der Waals surface area (Å²) in [7, 11) is -2.29. The van der Waals surface area contributed by atoms with Crippen molar-refractivity contribution in [3.8, 4) is 5.75 Å². The van der Waals surface area contributed by atoms with Gasteiger partial charge in [0.05, 0.1) is 36.0 Å². The number of methoxy groups -OCH3 is 1. The Morgan fingerprint density at radius 3 is 2.36 bits per heavy atom. The van der Waals surface area contributed by atoms with Crippen molar-refractivity contribution in [2.24, 2.45) is 0 Å². The van der Waals surface area contributed by atoms with Crippen LogP contribution in [0.1, 0.15) is 15.9 Å². The molecule has 180 valence electrons. The second-order valence-corrected chi connectivity index (χ2v) is 8.98. The van der Waals surface area contributed by atoms with Crippen molar-refractivity contribution >= 4 is 21.6 Å². The van der Waals surface area contributed by atoms with E-state index in [0.717, 1.165) is 18.2 Å². The first-order valence-electron chi connectivity index (χ1n) is 9.95. The molecule has 1 saturated heterocycles. The predicted molar refractivity (Wildman–Crippen MR) is 113 cm³/mol. The maximum Gasteiger partial charge on any atom is 0.416 e. The van der Waals surface area contributed by atoms with Crippen molar-refractivity contribution < 1.29 is 40.6 Å². The summed E-state index contributed by atoms with van der Waals surface area (Å²) in [6, 6.07) is 7.89. The highest BCUT2D eigenvalue weighted by molar-refractivity contribution is 7.89. The zero-order valence-corrected chi connectivity index (χ0v) is 18.5. The van der Waals surface area contributed by atoms with Crippen LogP contribution in [0.3, 0.4) is 0 Å². The van der Waals surface area contributed by atoms with E-state index in [1.165, 1.54) is 35.7 Å². The van der Waals surface area contributed by atoms with Crippen LogP contribution in [-0.4, -0.2) is 65.3 Å². The van der Waals surface area contributed by atoms with Gasteiger partial charge in [0.15, 0.2) is 0 Å². The van der Waals surface area contributed by atoms with E-state index < -0.39 is 27.7 Å². The summed E-state index contributed by atoms with van der Waals surface area (Å²) in [6.45, 7) is 1.32. The lowest BCUT2D eigenvalue weighted by Gasteiger charge is -2.26. The molecule has 0 spiro atoms. The number of nitrogens with one attached hydrogen (secondary N) is 1. The van der Waals surface area contributed by atoms with Gasteiger partial charge in [0.1, 0.15) is 12.4 Å². The van der Waals surface area contributed by atoms with Crippen molar-refractivity contribution in [1.82, 2.24) is 4.31 Å². The van der Waals surface area contributed by atoms with Crippen LogP contribution >= 0.6 is 0 Å². The monoisotopic (exact) mass is 488 g/mol. The molecule has 0 aliphatic carbocycles. The van der Waals surface area contributed by atoms with Crippen LogP contribution < -0.4 is 10.1 Å². The van der Waals surface area contributed by atoms with Crippen molar-refractivity contribution in [2.75, 3.05) is 51.9 Å². The predicted octanol–water partition coefficient (Wildman–Crippen LogP) is 3.00. The molecule has 0 bridgehead atoms. The minimum absolute atomic E-state index is 0.00334. The molecule has 33 heavy (non-hydrogen) atoms. The number of morpholine rings is 1. The van der Waals surface area contributed by atoms with Gasteiger partial charge in [-0.25, -0.2) is 8.42 Å². The van der Waals surface area contributed by atoms with Gasteiger partial charge in [0.25, 0.3) is 5.91 Å². The molecule has 8 nitrogen and oxygen atoms in total. The lowest BCUT2D eigenvalue weighted by molar-refractivity contribution is -0.137. The summed E-state index contributed by atoms with van der Waals surface area (Å²) in [5, 5.41) is 2.41. The van der Waals surface area contributed by atoms with Gasteiger partial charge < -0.3 is 19.5 Å². The second kappa shape index (κ2) is 10.5. The molecule has 0 atom stereocenters. The van der Waals surface area contributed by atoms with E-state index in [9.17, 15) is 26.4 Å². The van der Waals surface area contributed by atoms with Crippen LogP contribution in [0.4, 0.5) is 18.9 Å². The molecule has 1 fully saturated rings. The molecule has 3 rings (SSSR count). The maximum absolute atomic E-state index is 13.1. The van der Waals surface area contributed by atoms with Gasteiger partial charge in [-0.1, -0.05) is 0 Å². The third-order valence-electron chi connectivity index (χ3n) is 4.82. The zero-order valence-electron chi connectivity index (χ0n) is 17.7. The first-order chi connectivity index (χ1) is 15.6. The van der Waals surface area contributed by atoms with Crippen LogP contribution in [0.2, 0.25) is 0 Å². The summed E-state index contributed by atoms with van der Waals surface area (Å²) in [6.07, 6.45) is -4.61. The van der Waals surface area contributed by atoms with Crippen LogP contribution in [0.5, 0.6) is 5.75 Å². The Kier molecular flexibility index (Phi) is 7.95. The zero-order chi connectivity index (χ0) is 24.1. The van der Waals surface area contributed by atoms with E-state index in [4.69, 9.17) is 14.2 Å². The minimum atomic E-state index is -4.61. The number of nitrogens with zero attached hydrogens (tertiary/aromatic N) is 1. The Labute approximate surface area is 189 Å². The molecule has 1 aliphatic rings. The first kappa shape index (κ1) is 25.0. The Balaban J connectivity index is 1.80. The molecule has 1 heterocycles. The normalized spacial score (nSPS) is 15.3. The molecular formula is C21H23F3N2O6S. The van der Waals surface area contributed by atoms with Crippen LogP contribution in [0, 0.1) is 0 Å². The summed E-state index contributed by atoms with van der Waals surface area (Å²) < 4.78 is 81.5. The highest BCUT2D eigenvalue weighted by Crippen LogP contribution is 2.35. The van der Waals surface area contributed by atoms with Gasteiger partial charge in [-0.05, 0) is 42.5 Å². The SMILES string of the molecule is COCCOc1ccc(C(F)(F)F)cc1NC(=O)c1ccc(S(=O)(=O)N2CCOCC2)cc1. The van der Waals surface area contributed by atoms with E-state index in [2.05, 4.69) is 5.32 Å². The summed E-state index contributed by atoms with van der Waals surface area (Å²) in [4.78, 5) is 12.7. The topological polar surface area (TPSA) is 94.2 Å². The smallest absolute Gasteiger partial charge is 0.416 e. The van der Waals surface area contributed by atoms with Gasteiger partial charge in [0, 0.05) is 25.8 Å². The minimum Gasteiger partial charge on any atom is -0.489 e. The Morgan fingerprint density at radius 2 is 1.76 bits per heavy atom. The third kappa shape index (κ3) is 6.22. The van der Waals surface area contributed by atoms with E-state index in [1.807, 2.05) is 0 Å². The quantitative estimate of drug-likeness (QED) is 0.575. The highest BCUT2D eigenvalue weighted by atomic mass is 32.2. The molecule has 2 aromatic rings. The highest BCUT2D eigenvalue weighted by Gasteiger charge is 2.31. The number of amides is 1. The lowest BCUT2D eigenvalue weighted by Crippen LogP contribution is -2.40. The molecular weight excluding hydrogens is 465 g/mol. The number of sulfonamides is 1. The number of hydrogen-bond acceptors (Lipinski definition) is 6. The van der Waals surface area contributed by atoms with Gasteiger partial charge in [-0.3, -0.25) is 4.79 Å². The fraction of sp³-hybridized carbons (Fsp3) is 0.381. The largest absolute Gasteiger partial charge is 0.489 e. The number of rotatable bonds is 8. The van der Waals surface area contributed by atoms with E-state index in [0.29, 0.717) is 13.2 Å². The number of ether oxygens (including phenoxy) is 3. The fourth-order valence-corrected chi connectivity index (χ4v) is 4.48. The van der Waals surface area contributed by atoms with Crippen molar-refractivity contribution in [2.45, 2.75) is 11.1 Å². The Morgan fingerprint density at radius 1 is 1.09 bits per heavy atom. The molecule has 1 aliphatic heterocycles. The number of carbonyl (C=O) groups excluding carboxylic acids is 1. The second-order valence-electron chi connectivity index (χ2n) is 7.04. The van der Waals surface area contributed by atoms with Crippen molar-refractivity contribution in [1.29, 1.82) is 0 Å². The van der Waals surface area contributed by atoms with Gasteiger partial charge in [0.2, 0.25) is 10.0 Å². The van der Waals surface area contributed by atoms with Crippen LogP contribution in [-0.2, 0) is 25.7 Å². The van der Waals surface area contributed by atoms with E-state index in [-0.39, 0.29) is 48.2 Å².